The fourth-order valence-electron chi connectivity index (χ4n) is 2.69. The van der Waals surface area contributed by atoms with Crippen molar-refractivity contribution in [1.82, 2.24) is 14.5 Å². The molecule has 1 aromatic heterocycles. The lowest BCUT2D eigenvalue weighted by atomic mass is 9.99. The number of hydrogen-bond acceptors (Lipinski definition) is 2. The molecule has 2 heterocycles. The van der Waals surface area contributed by atoms with Gasteiger partial charge in [-0.2, -0.15) is 0 Å². The first-order valence-electron chi connectivity index (χ1n) is 6.76. The number of halogens is 2. The molecule has 2 aromatic rings. The van der Waals surface area contributed by atoms with Gasteiger partial charge < -0.3 is 4.57 Å². The highest BCUT2D eigenvalue weighted by Crippen LogP contribution is 2.25. The zero-order chi connectivity index (χ0) is 14.1. The minimum absolute atomic E-state index is 0.618. The number of hydrogen-bond donors (Lipinski definition) is 0. The molecule has 0 spiro atoms. The SMILES string of the molecule is Cc1nccn1CC1CN(Cc2ccc(Cl)c(Cl)c2)C1. The van der Waals surface area contributed by atoms with Gasteiger partial charge in [0.2, 0.25) is 0 Å². The fourth-order valence-corrected chi connectivity index (χ4v) is 3.01. The first-order valence-corrected chi connectivity index (χ1v) is 7.51. The van der Waals surface area contributed by atoms with Crippen LogP contribution in [0.2, 0.25) is 10.0 Å². The van der Waals surface area contributed by atoms with Gasteiger partial charge in [-0.3, -0.25) is 4.90 Å². The first kappa shape index (κ1) is 13.9. The van der Waals surface area contributed by atoms with Crippen LogP contribution in [0.5, 0.6) is 0 Å². The minimum Gasteiger partial charge on any atom is -0.335 e. The van der Waals surface area contributed by atoms with Gasteiger partial charge in [0.05, 0.1) is 10.0 Å². The third kappa shape index (κ3) is 3.00. The first-order chi connectivity index (χ1) is 9.61. The molecule has 0 radical (unpaired) electrons. The van der Waals surface area contributed by atoms with E-state index in [1.807, 2.05) is 31.3 Å². The second-order valence-electron chi connectivity index (χ2n) is 5.44. The van der Waals surface area contributed by atoms with Crippen LogP contribution in [-0.4, -0.2) is 27.5 Å². The van der Waals surface area contributed by atoms with E-state index in [4.69, 9.17) is 23.2 Å². The number of likely N-dealkylation sites (tertiary alicyclic amines) is 1. The highest BCUT2D eigenvalue weighted by atomic mass is 35.5. The molecule has 0 bridgehead atoms. The molecule has 1 fully saturated rings. The molecule has 5 heteroatoms. The van der Waals surface area contributed by atoms with Crippen molar-refractivity contribution in [2.75, 3.05) is 13.1 Å². The summed E-state index contributed by atoms with van der Waals surface area (Å²) in [6, 6.07) is 5.87. The lowest BCUT2D eigenvalue weighted by Crippen LogP contribution is -2.47. The van der Waals surface area contributed by atoms with E-state index >= 15 is 0 Å². The summed E-state index contributed by atoms with van der Waals surface area (Å²) in [5, 5.41) is 1.25. The summed E-state index contributed by atoms with van der Waals surface area (Å²) >= 11 is 12.0. The normalized spacial score (nSPS) is 16.4. The molecule has 1 aliphatic rings. The van der Waals surface area contributed by atoms with Gasteiger partial charge >= 0.3 is 0 Å². The zero-order valence-electron chi connectivity index (χ0n) is 11.4. The Labute approximate surface area is 129 Å². The second kappa shape index (κ2) is 5.76. The van der Waals surface area contributed by atoms with Crippen LogP contribution in [0.25, 0.3) is 0 Å². The topological polar surface area (TPSA) is 21.1 Å². The van der Waals surface area contributed by atoms with Crippen molar-refractivity contribution in [2.24, 2.45) is 5.92 Å². The largest absolute Gasteiger partial charge is 0.335 e. The predicted octanol–water partition coefficient (Wildman–Crippen LogP) is 3.63. The van der Waals surface area contributed by atoms with Crippen molar-refractivity contribution < 1.29 is 0 Å². The molecule has 3 nitrogen and oxygen atoms in total. The van der Waals surface area contributed by atoms with Gasteiger partial charge in [0.15, 0.2) is 0 Å². The quantitative estimate of drug-likeness (QED) is 0.860. The van der Waals surface area contributed by atoms with Crippen LogP contribution >= 0.6 is 23.2 Å². The monoisotopic (exact) mass is 309 g/mol. The predicted molar refractivity (Wildman–Crippen MR) is 82.2 cm³/mol. The van der Waals surface area contributed by atoms with E-state index in [0.29, 0.717) is 16.0 Å². The van der Waals surface area contributed by atoms with E-state index in [-0.39, 0.29) is 0 Å². The van der Waals surface area contributed by atoms with Crippen LogP contribution in [0.4, 0.5) is 0 Å². The van der Waals surface area contributed by atoms with Crippen molar-refractivity contribution in [3.63, 3.8) is 0 Å². The van der Waals surface area contributed by atoms with Crippen molar-refractivity contribution in [1.29, 1.82) is 0 Å². The number of imidazole rings is 1. The van der Waals surface area contributed by atoms with Crippen LogP contribution in [0.1, 0.15) is 11.4 Å². The molecule has 20 heavy (non-hydrogen) atoms. The molecule has 0 amide bonds. The Balaban J connectivity index is 1.51. The molecule has 1 aromatic carbocycles. The van der Waals surface area contributed by atoms with Crippen LogP contribution in [0, 0.1) is 12.8 Å². The maximum Gasteiger partial charge on any atom is 0.105 e. The van der Waals surface area contributed by atoms with Gasteiger partial charge in [-0.1, -0.05) is 29.3 Å². The van der Waals surface area contributed by atoms with E-state index in [2.05, 4.69) is 20.6 Å². The van der Waals surface area contributed by atoms with Gasteiger partial charge in [-0.15, -0.1) is 0 Å². The fraction of sp³-hybridized carbons (Fsp3) is 0.400. The minimum atomic E-state index is 0.618. The van der Waals surface area contributed by atoms with Crippen molar-refractivity contribution in [3.05, 3.63) is 52.0 Å². The Morgan fingerprint density at radius 1 is 1.25 bits per heavy atom. The van der Waals surface area contributed by atoms with Gasteiger partial charge in [0.25, 0.3) is 0 Å². The van der Waals surface area contributed by atoms with Gasteiger partial charge in [-0.05, 0) is 24.6 Å². The lowest BCUT2D eigenvalue weighted by Gasteiger charge is -2.39. The average Bonchev–Trinajstić information content (AvgIpc) is 2.77. The Kier molecular flexibility index (Phi) is 4.01. The number of benzene rings is 1. The Morgan fingerprint density at radius 3 is 2.70 bits per heavy atom. The summed E-state index contributed by atoms with van der Waals surface area (Å²) in [5.74, 6) is 1.80. The molecule has 0 saturated carbocycles. The number of aromatic nitrogens is 2. The molecule has 0 aliphatic carbocycles. The highest BCUT2D eigenvalue weighted by molar-refractivity contribution is 6.42. The Morgan fingerprint density at radius 2 is 2.05 bits per heavy atom. The number of nitrogens with zero attached hydrogens (tertiary/aromatic N) is 3. The lowest BCUT2D eigenvalue weighted by molar-refractivity contribution is 0.0799. The maximum absolute atomic E-state index is 6.04. The molecule has 1 saturated heterocycles. The molecular formula is C15H17Cl2N3. The smallest absolute Gasteiger partial charge is 0.105 e. The van der Waals surface area contributed by atoms with Crippen LogP contribution in [0.15, 0.2) is 30.6 Å². The summed E-state index contributed by atoms with van der Waals surface area (Å²) in [4.78, 5) is 6.68. The maximum atomic E-state index is 6.04. The summed E-state index contributed by atoms with van der Waals surface area (Å²) < 4.78 is 2.22. The summed E-state index contributed by atoms with van der Waals surface area (Å²) in [6.45, 7) is 6.29. The highest BCUT2D eigenvalue weighted by Gasteiger charge is 2.27. The van der Waals surface area contributed by atoms with E-state index in [9.17, 15) is 0 Å². The van der Waals surface area contributed by atoms with Gasteiger partial charge in [0.1, 0.15) is 5.82 Å². The summed E-state index contributed by atoms with van der Waals surface area (Å²) in [5.41, 5.74) is 1.22. The van der Waals surface area contributed by atoms with Crippen molar-refractivity contribution in [3.8, 4) is 0 Å². The molecule has 0 unspecified atom stereocenters. The molecule has 3 rings (SSSR count). The standard InChI is InChI=1S/C15H17Cl2N3/c1-11-18-4-5-20(11)10-13-8-19(9-13)7-12-2-3-14(16)15(17)6-12/h2-6,13H,7-10H2,1H3. The second-order valence-corrected chi connectivity index (χ2v) is 6.25. The average molecular weight is 310 g/mol. The van der Waals surface area contributed by atoms with Gasteiger partial charge in [-0.25, -0.2) is 4.98 Å². The molecule has 0 N–H and O–H groups in total. The van der Waals surface area contributed by atoms with Crippen LogP contribution in [0.3, 0.4) is 0 Å². The van der Waals surface area contributed by atoms with Crippen LogP contribution in [-0.2, 0) is 13.1 Å². The van der Waals surface area contributed by atoms with E-state index in [0.717, 1.165) is 32.0 Å². The zero-order valence-corrected chi connectivity index (χ0v) is 12.9. The number of rotatable bonds is 4. The molecule has 106 valence electrons. The van der Waals surface area contributed by atoms with E-state index in [1.54, 1.807) is 0 Å². The van der Waals surface area contributed by atoms with Crippen molar-refractivity contribution in [2.45, 2.75) is 20.0 Å². The van der Waals surface area contributed by atoms with Gasteiger partial charge in [0, 0.05) is 44.5 Å². The number of aryl methyl sites for hydroxylation is 1. The van der Waals surface area contributed by atoms with Crippen molar-refractivity contribution >= 4 is 23.2 Å². The Bertz CT molecular complexity index is 603. The molecule has 0 atom stereocenters. The van der Waals surface area contributed by atoms with E-state index < -0.39 is 0 Å². The third-order valence-corrected chi connectivity index (χ3v) is 4.54. The summed E-state index contributed by atoms with van der Waals surface area (Å²) in [7, 11) is 0. The Hall–Kier alpha value is -1.03. The van der Waals surface area contributed by atoms with Crippen LogP contribution < -0.4 is 0 Å². The molecular weight excluding hydrogens is 293 g/mol. The van der Waals surface area contributed by atoms with E-state index in [1.165, 1.54) is 5.56 Å². The third-order valence-electron chi connectivity index (χ3n) is 3.80. The molecule has 1 aliphatic heterocycles. The summed E-state index contributed by atoms with van der Waals surface area (Å²) in [6.07, 6.45) is 3.92.